The Bertz CT molecular complexity index is 1380. The molecule has 8 nitrogen and oxygen atoms in total. The molecule has 180 valence electrons. The van der Waals surface area contributed by atoms with Crippen molar-refractivity contribution in [2.75, 3.05) is 26.6 Å². The summed E-state index contributed by atoms with van der Waals surface area (Å²) < 4.78 is 16.1. The number of hydrogen-bond acceptors (Lipinski definition) is 8. The van der Waals surface area contributed by atoms with Crippen LogP contribution in [-0.2, 0) is 6.54 Å². The van der Waals surface area contributed by atoms with Gasteiger partial charge < -0.3 is 29.6 Å². The quantitative estimate of drug-likeness (QED) is 0.335. The molecule has 0 saturated heterocycles. The van der Waals surface area contributed by atoms with E-state index in [1.165, 1.54) is 7.11 Å². The van der Waals surface area contributed by atoms with E-state index in [4.69, 9.17) is 14.2 Å². The predicted molar refractivity (Wildman–Crippen MR) is 138 cm³/mol. The molecular formula is C26H28BN3O5. The van der Waals surface area contributed by atoms with Gasteiger partial charge in [0.15, 0.2) is 5.82 Å². The van der Waals surface area contributed by atoms with Gasteiger partial charge in [0.25, 0.3) is 0 Å². The van der Waals surface area contributed by atoms with Gasteiger partial charge in [-0.05, 0) is 60.9 Å². The van der Waals surface area contributed by atoms with Crippen molar-refractivity contribution in [2.45, 2.75) is 20.4 Å². The average Bonchev–Trinajstić information content (AvgIpc) is 2.87. The van der Waals surface area contributed by atoms with Crippen LogP contribution in [0.1, 0.15) is 16.8 Å². The number of ether oxygens (including phenoxy) is 3. The second-order valence-electron chi connectivity index (χ2n) is 8.21. The monoisotopic (exact) mass is 473 g/mol. The van der Waals surface area contributed by atoms with Crippen molar-refractivity contribution in [1.82, 2.24) is 10.2 Å². The zero-order valence-electron chi connectivity index (χ0n) is 20.4. The normalized spacial score (nSPS) is 10.8. The summed E-state index contributed by atoms with van der Waals surface area (Å²) >= 11 is 0. The molecule has 0 aliphatic carbocycles. The van der Waals surface area contributed by atoms with Crippen molar-refractivity contribution in [3.05, 3.63) is 65.4 Å². The Hall–Kier alpha value is -3.82. The van der Waals surface area contributed by atoms with Gasteiger partial charge in [0.2, 0.25) is 0 Å². The summed E-state index contributed by atoms with van der Waals surface area (Å²) in [6, 6.07) is 15.4. The Kier molecular flexibility index (Phi) is 7.09. The number of fused-ring (bicyclic) bond motifs is 1. The van der Waals surface area contributed by atoms with E-state index in [1.807, 2.05) is 56.3 Å². The molecule has 0 aliphatic heterocycles. The summed E-state index contributed by atoms with van der Waals surface area (Å²) in [7, 11) is 3.13. The Morgan fingerprint density at radius 1 is 0.829 bits per heavy atom. The van der Waals surface area contributed by atoms with E-state index in [2.05, 4.69) is 15.5 Å². The van der Waals surface area contributed by atoms with Gasteiger partial charge in [-0.15, -0.1) is 5.10 Å². The lowest BCUT2D eigenvalue weighted by Gasteiger charge is -2.15. The third-order valence-electron chi connectivity index (χ3n) is 6.02. The number of nitrogens with zero attached hydrogens (tertiary/aromatic N) is 2. The SMILES string of the molecule is COc1ccc(CNc2nnc(C)c3cc(-c4cc(C)c(OC)c(B(O)O)c4)ccc23)c(OC)c1. The van der Waals surface area contributed by atoms with Crippen LogP contribution in [0.2, 0.25) is 0 Å². The molecule has 0 saturated carbocycles. The molecule has 4 aromatic rings. The summed E-state index contributed by atoms with van der Waals surface area (Å²) in [5, 5.41) is 33.7. The van der Waals surface area contributed by atoms with E-state index in [9.17, 15) is 10.0 Å². The standard InChI is InChI=1S/C26H28BN3O5/c1-15-10-19(12-23(27(31)32)25(15)35-5)17-7-9-21-22(11-17)16(2)29-30-26(21)28-14-18-6-8-20(33-3)13-24(18)34-4/h6-13,31-32H,14H2,1-5H3,(H,28,30). The van der Waals surface area contributed by atoms with E-state index < -0.39 is 7.12 Å². The minimum absolute atomic E-state index is 0.322. The van der Waals surface area contributed by atoms with E-state index in [1.54, 1.807) is 20.3 Å². The maximum absolute atomic E-state index is 9.84. The second kappa shape index (κ2) is 10.2. The molecule has 0 radical (unpaired) electrons. The highest BCUT2D eigenvalue weighted by Crippen LogP contribution is 2.32. The molecule has 4 rings (SSSR count). The van der Waals surface area contributed by atoms with Crippen molar-refractivity contribution < 1.29 is 24.3 Å². The molecule has 3 N–H and O–H groups in total. The number of rotatable bonds is 8. The van der Waals surface area contributed by atoms with E-state index in [0.717, 1.165) is 50.2 Å². The topological polar surface area (TPSA) is 106 Å². The lowest BCUT2D eigenvalue weighted by atomic mass is 9.77. The minimum Gasteiger partial charge on any atom is -0.497 e. The van der Waals surface area contributed by atoms with Gasteiger partial charge in [0, 0.05) is 34.4 Å². The Morgan fingerprint density at radius 3 is 2.31 bits per heavy atom. The number of anilines is 1. The smallest absolute Gasteiger partial charge is 0.492 e. The van der Waals surface area contributed by atoms with Gasteiger partial charge in [-0.3, -0.25) is 0 Å². The van der Waals surface area contributed by atoms with Crippen molar-refractivity contribution in [2.24, 2.45) is 0 Å². The van der Waals surface area contributed by atoms with Crippen molar-refractivity contribution in [1.29, 1.82) is 0 Å². The second-order valence-corrected chi connectivity index (χ2v) is 8.21. The zero-order chi connectivity index (χ0) is 25.1. The number of aryl methyl sites for hydroxylation is 2. The van der Waals surface area contributed by atoms with E-state index in [-0.39, 0.29) is 0 Å². The number of benzene rings is 3. The minimum atomic E-state index is -1.64. The van der Waals surface area contributed by atoms with Gasteiger partial charge in [-0.1, -0.05) is 12.1 Å². The lowest BCUT2D eigenvalue weighted by molar-refractivity contribution is 0.391. The Morgan fingerprint density at radius 2 is 1.63 bits per heavy atom. The summed E-state index contributed by atoms with van der Waals surface area (Å²) in [5.41, 5.74) is 4.66. The molecule has 0 amide bonds. The molecule has 0 bridgehead atoms. The first-order valence-electron chi connectivity index (χ1n) is 11.1. The first kappa shape index (κ1) is 24.3. The molecular weight excluding hydrogens is 445 g/mol. The summed E-state index contributed by atoms with van der Waals surface area (Å²) in [5.74, 6) is 2.57. The fraction of sp³-hybridized carbons (Fsp3) is 0.231. The third kappa shape index (κ3) is 4.87. The van der Waals surface area contributed by atoms with Crippen LogP contribution < -0.4 is 25.0 Å². The third-order valence-corrected chi connectivity index (χ3v) is 6.02. The first-order valence-corrected chi connectivity index (χ1v) is 11.1. The van der Waals surface area contributed by atoms with Crippen LogP contribution in [0.3, 0.4) is 0 Å². The zero-order valence-corrected chi connectivity index (χ0v) is 20.4. The van der Waals surface area contributed by atoms with Crippen LogP contribution in [0.15, 0.2) is 48.5 Å². The molecule has 0 unspecified atom stereocenters. The largest absolute Gasteiger partial charge is 0.497 e. The summed E-state index contributed by atoms with van der Waals surface area (Å²) in [6.45, 7) is 4.29. The highest BCUT2D eigenvalue weighted by molar-refractivity contribution is 6.60. The Balaban J connectivity index is 1.70. The molecule has 0 fully saturated rings. The van der Waals surface area contributed by atoms with Gasteiger partial charge >= 0.3 is 7.12 Å². The summed E-state index contributed by atoms with van der Waals surface area (Å²) in [4.78, 5) is 0. The number of methoxy groups -OCH3 is 3. The van der Waals surface area contributed by atoms with Crippen LogP contribution in [0.4, 0.5) is 5.82 Å². The Labute approximate surface area is 204 Å². The fourth-order valence-corrected chi connectivity index (χ4v) is 4.21. The van der Waals surface area contributed by atoms with E-state index >= 15 is 0 Å². The lowest BCUT2D eigenvalue weighted by Crippen LogP contribution is -2.31. The van der Waals surface area contributed by atoms with Crippen LogP contribution in [0, 0.1) is 13.8 Å². The van der Waals surface area contributed by atoms with Gasteiger partial charge in [-0.25, -0.2) is 0 Å². The molecule has 0 atom stereocenters. The van der Waals surface area contributed by atoms with E-state index in [0.29, 0.717) is 23.6 Å². The molecule has 0 aliphatic rings. The fourth-order valence-electron chi connectivity index (χ4n) is 4.21. The highest BCUT2D eigenvalue weighted by Gasteiger charge is 2.20. The number of nitrogens with one attached hydrogen (secondary N) is 1. The van der Waals surface area contributed by atoms with Crippen LogP contribution in [0.5, 0.6) is 17.2 Å². The van der Waals surface area contributed by atoms with Gasteiger partial charge in [0.1, 0.15) is 17.2 Å². The molecule has 35 heavy (non-hydrogen) atoms. The number of hydrogen-bond donors (Lipinski definition) is 3. The van der Waals surface area contributed by atoms with Gasteiger partial charge in [0.05, 0.1) is 27.0 Å². The highest BCUT2D eigenvalue weighted by atomic mass is 16.5. The number of aromatic nitrogens is 2. The molecule has 3 aromatic carbocycles. The maximum Gasteiger partial charge on any atom is 0.492 e. The predicted octanol–water partition coefficient (Wildman–Crippen LogP) is 3.23. The van der Waals surface area contributed by atoms with Crippen LogP contribution >= 0.6 is 0 Å². The van der Waals surface area contributed by atoms with Crippen LogP contribution in [-0.4, -0.2) is 48.7 Å². The first-order chi connectivity index (χ1) is 16.9. The van der Waals surface area contributed by atoms with Crippen molar-refractivity contribution in [3.8, 4) is 28.4 Å². The van der Waals surface area contributed by atoms with Crippen molar-refractivity contribution >= 4 is 29.2 Å². The van der Waals surface area contributed by atoms with Gasteiger partial charge in [-0.2, -0.15) is 5.10 Å². The maximum atomic E-state index is 9.84. The molecule has 9 heteroatoms. The molecule has 1 heterocycles. The van der Waals surface area contributed by atoms with Crippen LogP contribution in [0.25, 0.3) is 21.9 Å². The average molecular weight is 473 g/mol. The summed E-state index contributed by atoms with van der Waals surface area (Å²) in [6.07, 6.45) is 0. The molecule has 0 spiro atoms. The molecule has 1 aromatic heterocycles. The van der Waals surface area contributed by atoms with Crippen molar-refractivity contribution in [3.63, 3.8) is 0 Å².